The molecule has 3 aromatic rings. The molecule has 0 saturated heterocycles. The van der Waals surface area contributed by atoms with Gasteiger partial charge in [0, 0.05) is 17.6 Å². The number of fused-ring (bicyclic) bond motifs is 1. The summed E-state index contributed by atoms with van der Waals surface area (Å²) >= 11 is 0. The maximum atomic E-state index is 5.43. The number of aryl methyl sites for hydroxylation is 1. The molecule has 2 aromatic heterocycles. The lowest BCUT2D eigenvalue weighted by atomic mass is 10.2. The van der Waals surface area contributed by atoms with Crippen molar-refractivity contribution in [1.29, 1.82) is 0 Å². The SMILES string of the molecule is CCOc1ccc(Nc2nccc3n[nH]c(C)c23)cc1. The Morgan fingerprint density at radius 3 is 2.75 bits per heavy atom. The summed E-state index contributed by atoms with van der Waals surface area (Å²) in [4.78, 5) is 4.39. The van der Waals surface area contributed by atoms with Gasteiger partial charge in [0.15, 0.2) is 0 Å². The summed E-state index contributed by atoms with van der Waals surface area (Å²) in [5, 5.41) is 11.5. The Hall–Kier alpha value is -2.56. The lowest BCUT2D eigenvalue weighted by Gasteiger charge is -2.08. The number of pyridine rings is 1. The topological polar surface area (TPSA) is 62.8 Å². The molecule has 2 heterocycles. The number of anilines is 2. The minimum atomic E-state index is 0.669. The number of aromatic amines is 1. The molecule has 3 rings (SSSR count). The summed E-state index contributed by atoms with van der Waals surface area (Å²) in [6, 6.07) is 9.71. The fourth-order valence-corrected chi connectivity index (χ4v) is 2.15. The number of benzene rings is 1. The molecule has 1 aromatic carbocycles. The van der Waals surface area contributed by atoms with Crippen molar-refractivity contribution < 1.29 is 4.74 Å². The third-order valence-corrected chi connectivity index (χ3v) is 3.08. The molecular formula is C15H16N4O. The zero-order valence-corrected chi connectivity index (χ0v) is 11.5. The van der Waals surface area contributed by atoms with Crippen molar-refractivity contribution in [3.63, 3.8) is 0 Å². The van der Waals surface area contributed by atoms with Crippen molar-refractivity contribution in [3.8, 4) is 5.75 Å². The van der Waals surface area contributed by atoms with E-state index in [1.807, 2.05) is 44.2 Å². The van der Waals surface area contributed by atoms with Gasteiger partial charge >= 0.3 is 0 Å². The first-order chi connectivity index (χ1) is 9.78. The Bertz CT molecular complexity index is 718. The normalized spacial score (nSPS) is 10.7. The van der Waals surface area contributed by atoms with E-state index in [1.165, 1.54) is 0 Å². The molecule has 102 valence electrons. The highest BCUT2D eigenvalue weighted by Gasteiger charge is 2.08. The van der Waals surface area contributed by atoms with Crippen LogP contribution in [0.5, 0.6) is 5.75 Å². The predicted molar refractivity (Wildman–Crippen MR) is 79.5 cm³/mol. The fourth-order valence-electron chi connectivity index (χ4n) is 2.15. The van der Waals surface area contributed by atoms with Gasteiger partial charge in [0.2, 0.25) is 0 Å². The predicted octanol–water partition coefficient (Wildman–Crippen LogP) is 3.41. The lowest BCUT2D eigenvalue weighted by molar-refractivity contribution is 0.340. The highest BCUT2D eigenvalue weighted by atomic mass is 16.5. The molecule has 5 nitrogen and oxygen atoms in total. The van der Waals surface area contributed by atoms with Gasteiger partial charge < -0.3 is 10.1 Å². The second kappa shape index (κ2) is 5.21. The molecule has 2 N–H and O–H groups in total. The number of H-pyrrole nitrogens is 1. The molecule has 0 aliphatic heterocycles. The van der Waals surface area contributed by atoms with Crippen molar-refractivity contribution in [2.45, 2.75) is 13.8 Å². The summed E-state index contributed by atoms with van der Waals surface area (Å²) in [7, 11) is 0. The van der Waals surface area contributed by atoms with Crippen LogP contribution < -0.4 is 10.1 Å². The second-order valence-corrected chi connectivity index (χ2v) is 4.48. The standard InChI is InChI=1S/C15H16N4O/c1-3-20-12-6-4-11(5-7-12)17-15-14-10(2)18-19-13(14)8-9-16-15/h4-9H,3H2,1-2H3,(H,16,17)(H,18,19). The molecule has 0 aliphatic carbocycles. The monoisotopic (exact) mass is 268 g/mol. The number of nitrogens with zero attached hydrogens (tertiary/aromatic N) is 2. The van der Waals surface area contributed by atoms with Crippen LogP contribution in [-0.2, 0) is 0 Å². The van der Waals surface area contributed by atoms with Crippen LogP contribution in [-0.4, -0.2) is 21.8 Å². The molecule has 0 saturated carbocycles. The Morgan fingerprint density at radius 1 is 1.20 bits per heavy atom. The van der Waals surface area contributed by atoms with E-state index in [-0.39, 0.29) is 0 Å². The van der Waals surface area contributed by atoms with Crippen LogP contribution in [0.2, 0.25) is 0 Å². The number of hydrogen-bond donors (Lipinski definition) is 2. The van der Waals surface area contributed by atoms with Gasteiger partial charge in [0.1, 0.15) is 11.6 Å². The van der Waals surface area contributed by atoms with Crippen LogP contribution in [0.1, 0.15) is 12.6 Å². The van der Waals surface area contributed by atoms with Gasteiger partial charge in [-0.25, -0.2) is 4.98 Å². The van der Waals surface area contributed by atoms with Crippen LogP contribution >= 0.6 is 0 Å². The first-order valence-corrected chi connectivity index (χ1v) is 6.57. The summed E-state index contributed by atoms with van der Waals surface area (Å²) in [6.45, 7) is 4.63. The average molecular weight is 268 g/mol. The third-order valence-electron chi connectivity index (χ3n) is 3.08. The Balaban J connectivity index is 1.91. The van der Waals surface area contributed by atoms with Crippen LogP contribution in [0, 0.1) is 6.92 Å². The summed E-state index contributed by atoms with van der Waals surface area (Å²) in [6.07, 6.45) is 1.75. The number of nitrogens with one attached hydrogen (secondary N) is 2. The Labute approximate surface area is 117 Å². The molecule has 0 atom stereocenters. The quantitative estimate of drug-likeness (QED) is 0.761. The molecule has 0 bridgehead atoms. The molecule has 0 spiro atoms. The highest BCUT2D eigenvalue weighted by Crippen LogP contribution is 2.26. The van der Waals surface area contributed by atoms with Gasteiger partial charge in [0.25, 0.3) is 0 Å². The van der Waals surface area contributed by atoms with E-state index in [1.54, 1.807) is 6.20 Å². The average Bonchev–Trinajstić information content (AvgIpc) is 2.84. The summed E-state index contributed by atoms with van der Waals surface area (Å²) in [5.41, 5.74) is 2.88. The van der Waals surface area contributed by atoms with Gasteiger partial charge in [-0.15, -0.1) is 0 Å². The van der Waals surface area contributed by atoms with E-state index in [2.05, 4.69) is 20.5 Å². The van der Waals surface area contributed by atoms with E-state index in [0.717, 1.165) is 33.9 Å². The Kier molecular flexibility index (Phi) is 3.25. The van der Waals surface area contributed by atoms with Crippen LogP contribution in [0.15, 0.2) is 36.5 Å². The molecule has 0 fully saturated rings. The maximum absolute atomic E-state index is 5.43. The van der Waals surface area contributed by atoms with Gasteiger partial charge in [-0.1, -0.05) is 0 Å². The van der Waals surface area contributed by atoms with Crippen molar-refractivity contribution in [3.05, 3.63) is 42.2 Å². The number of aromatic nitrogens is 3. The fraction of sp³-hybridized carbons (Fsp3) is 0.200. The molecule has 0 aliphatic rings. The Morgan fingerprint density at radius 2 is 2.00 bits per heavy atom. The van der Waals surface area contributed by atoms with Crippen LogP contribution in [0.3, 0.4) is 0 Å². The van der Waals surface area contributed by atoms with Gasteiger partial charge in [-0.05, 0) is 44.2 Å². The first-order valence-electron chi connectivity index (χ1n) is 6.57. The van der Waals surface area contributed by atoms with Crippen molar-refractivity contribution in [2.24, 2.45) is 0 Å². The van der Waals surface area contributed by atoms with Crippen molar-refractivity contribution >= 4 is 22.4 Å². The molecular weight excluding hydrogens is 252 g/mol. The van der Waals surface area contributed by atoms with E-state index >= 15 is 0 Å². The second-order valence-electron chi connectivity index (χ2n) is 4.48. The first kappa shape index (κ1) is 12.5. The number of rotatable bonds is 4. The molecule has 0 unspecified atom stereocenters. The highest BCUT2D eigenvalue weighted by molar-refractivity contribution is 5.92. The minimum Gasteiger partial charge on any atom is -0.494 e. The zero-order chi connectivity index (χ0) is 13.9. The number of ether oxygens (including phenoxy) is 1. The van der Waals surface area contributed by atoms with Gasteiger partial charge in [-0.2, -0.15) is 5.10 Å². The largest absolute Gasteiger partial charge is 0.494 e. The number of hydrogen-bond acceptors (Lipinski definition) is 4. The van der Waals surface area contributed by atoms with E-state index < -0.39 is 0 Å². The molecule has 20 heavy (non-hydrogen) atoms. The van der Waals surface area contributed by atoms with Gasteiger partial charge in [-0.3, -0.25) is 5.10 Å². The molecule has 0 amide bonds. The zero-order valence-electron chi connectivity index (χ0n) is 11.5. The molecule has 0 radical (unpaired) electrons. The summed E-state index contributed by atoms with van der Waals surface area (Å²) in [5.74, 6) is 1.67. The minimum absolute atomic E-state index is 0.669. The van der Waals surface area contributed by atoms with Crippen molar-refractivity contribution in [1.82, 2.24) is 15.2 Å². The van der Waals surface area contributed by atoms with Crippen LogP contribution in [0.4, 0.5) is 11.5 Å². The summed E-state index contributed by atoms with van der Waals surface area (Å²) < 4.78 is 5.43. The van der Waals surface area contributed by atoms with E-state index in [0.29, 0.717) is 6.61 Å². The lowest BCUT2D eigenvalue weighted by Crippen LogP contribution is -1.95. The van der Waals surface area contributed by atoms with E-state index in [9.17, 15) is 0 Å². The van der Waals surface area contributed by atoms with Crippen molar-refractivity contribution in [2.75, 3.05) is 11.9 Å². The third kappa shape index (κ3) is 2.30. The smallest absolute Gasteiger partial charge is 0.141 e. The molecule has 5 heteroatoms. The van der Waals surface area contributed by atoms with Crippen LogP contribution in [0.25, 0.3) is 10.9 Å². The van der Waals surface area contributed by atoms with Gasteiger partial charge in [0.05, 0.1) is 17.5 Å². The van der Waals surface area contributed by atoms with E-state index in [4.69, 9.17) is 4.74 Å². The maximum Gasteiger partial charge on any atom is 0.141 e.